The first-order valence-corrected chi connectivity index (χ1v) is 5.59. The minimum Gasteiger partial charge on any atom is -0.361 e. The van der Waals surface area contributed by atoms with Crippen molar-refractivity contribution in [3.63, 3.8) is 0 Å². The van der Waals surface area contributed by atoms with Gasteiger partial charge in [0.25, 0.3) is 5.91 Å². The number of amides is 1. The molecule has 5 heteroatoms. The number of piperidine rings is 1. The Balaban J connectivity index is 2.03. The fraction of sp³-hybridized carbons (Fsp3) is 0.636. The predicted molar refractivity (Wildman–Crippen MR) is 59.2 cm³/mol. The van der Waals surface area contributed by atoms with Gasteiger partial charge in [0.05, 0.1) is 0 Å². The van der Waals surface area contributed by atoms with Crippen LogP contribution in [0.2, 0.25) is 0 Å². The van der Waals surface area contributed by atoms with Gasteiger partial charge in [0, 0.05) is 25.7 Å². The molecule has 1 atom stereocenters. The summed E-state index contributed by atoms with van der Waals surface area (Å²) in [5.41, 5.74) is 0.394. The minimum atomic E-state index is -0.0643. The molecule has 1 N–H and O–H groups in total. The number of carbonyl (C=O) groups excluding carboxylic acids is 1. The van der Waals surface area contributed by atoms with Crippen LogP contribution in [0.3, 0.4) is 0 Å². The lowest BCUT2D eigenvalue weighted by Gasteiger charge is -2.31. The number of nitrogens with one attached hydrogen (secondary N) is 1. The van der Waals surface area contributed by atoms with Crippen LogP contribution in [0.1, 0.15) is 29.1 Å². The average Bonchev–Trinajstić information content (AvgIpc) is 2.75. The van der Waals surface area contributed by atoms with Crippen LogP contribution >= 0.6 is 0 Å². The van der Waals surface area contributed by atoms with Crippen LogP contribution in [0.4, 0.5) is 0 Å². The van der Waals surface area contributed by atoms with Crippen molar-refractivity contribution >= 4 is 5.91 Å². The number of hydrogen-bond donors (Lipinski definition) is 1. The summed E-state index contributed by atoms with van der Waals surface area (Å²) >= 11 is 0. The molecule has 0 bridgehead atoms. The third-order valence-corrected chi connectivity index (χ3v) is 2.99. The van der Waals surface area contributed by atoms with Gasteiger partial charge in [-0.2, -0.15) is 0 Å². The van der Waals surface area contributed by atoms with Gasteiger partial charge in [-0.3, -0.25) is 4.79 Å². The van der Waals surface area contributed by atoms with E-state index in [1.807, 2.05) is 7.05 Å². The minimum absolute atomic E-state index is 0.0643. The topological polar surface area (TPSA) is 58.4 Å². The van der Waals surface area contributed by atoms with Gasteiger partial charge in [0.15, 0.2) is 5.69 Å². The summed E-state index contributed by atoms with van der Waals surface area (Å²) in [7, 11) is 1.82. The first-order valence-electron chi connectivity index (χ1n) is 5.59. The molecule has 2 rings (SSSR count). The molecule has 0 saturated carbocycles. The van der Waals surface area contributed by atoms with Crippen molar-refractivity contribution in [2.75, 3.05) is 20.1 Å². The molecule has 1 aliphatic heterocycles. The van der Waals surface area contributed by atoms with Gasteiger partial charge in [-0.05, 0) is 26.3 Å². The normalized spacial score (nSPS) is 20.8. The molecule has 5 nitrogen and oxygen atoms in total. The molecule has 0 aliphatic carbocycles. The van der Waals surface area contributed by atoms with Gasteiger partial charge in [-0.1, -0.05) is 5.16 Å². The Morgan fingerprint density at radius 1 is 1.69 bits per heavy atom. The highest BCUT2D eigenvalue weighted by Crippen LogP contribution is 2.12. The Morgan fingerprint density at radius 2 is 2.50 bits per heavy atom. The van der Waals surface area contributed by atoms with Crippen LogP contribution in [-0.2, 0) is 0 Å². The molecule has 1 aromatic rings. The smallest absolute Gasteiger partial charge is 0.276 e. The molecule has 0 aromatic carbocycles. The van der Waals surface area contributed by atoms with Crippen LogP contribution < -0.4 is 5.32 Å². The molecule has 1 amide bonds. The molecule has 2 heterocycles. The van der Waals surface area contributed by atoms with Gasteiger partial charge in [0.2, 0.25) is 0 Å². The van der Waals surface area contributed by atoms with E-state index in [0.29, 0.717) is 11.5 Å². The Hall–Kier alpha value is -1.36. The Morgan fingerprint density at radius 3 is 3.06 bits per heavy atom. The number of likely N-dealkylation sites (N-methyl/N-ethyl adjacent to an activating group) is 1. The van der Waals surface area contributed by atoms with E-state index >= 15 is 0 Å². The third-order valence-electron chi connectivity index (χ3n) is 2.99. The number of aromatic nitrogens is 1. The zero-order chi connectivity index (χ0) is 11.5. The third kappa shape index (κ3) is 2.24. The summed E-state index contributed by atoms with van der Waals surface area (Å²) in [5, 5.41) is 7.03. The number of aryl methyl sites for hydroxylation is 1. The second-order valence-corrected chi connectivity index (χ2v) is 4.24. The van der Waals surface area contributed by atoms with E-state index in [9.17, 15) is 4.79 Å². The van der Waals surface area contributed by atoms with E-state index in [-0.39, 0.29) is 11.9 Å². The molecular formula is C11H17N3O2. The quantitative estimate of drug-likeness (QED) is 0.806. The maximum atomic E-state index is 12.0. The molecule has 1 aromatic heterocycles. The molecule has 1 aliphatic rings. The monoisotopic (exact) mass is 223 g/mol. The number of hydrogen-bond acceptors (Lipinski definition) is 4. The van der Waals surface area contributed by atoms with E-state index < -0.39 is 0 Å². The second kappa shape index (κ2) is 4.65. The summed E-state index contributed by atoms with van der Waals surface area (Å²) in [4.78, 5) is 13.8. The predicted octanol–water partition coefficient (Wildman–Crippen LogP) is 0.807. The maximum Gasteiger partial charge on any atom is 0.276 e. The first-order chi connectivity index (χ1) is 7.68. The highest BCUT2D eigenvalue weighted by Gasteiger charge is 2.24. The van der Waals surface area contributed by atoms with Crippen molar-refractivity contribution in [1.82, 2.24) is 15.4 Å². The zero-order valence-corrected chi connectivity index (χ0v) is 9.69. The second-order valence-electron chi connectivity index (χ2n) is 4.24. The fourth-order valence-corrected chi connectivity index (χ4v) is 1.98. The Kier molecular flexibility index (Phi) is 3.24. The SMILES string of the molecule is Cc1cc(C(=O)N(C)C2CCCNC2)no1. The molecule has 16 heavy (non-hydrogen) atoms. The zero-order valence-electron chi connectivity index (χ0n) is 9.69. The molecular weight excluding hydrogens is 206 g/mol. The van der Waals surface area contributed by atoms with Gasteiger partial charge >= 0.3 is 0 Å². The standard InChI is InChI=1S/C11H17N3O2/c1-8-6-10(13-16-8)11(15)14(2)9-4-3-5-12-7-9/h6,9,12H,3-5,7H2,1-2H3. The summed E-state index contributed by atoms with van der Waals surface area (Å²) in [6, 6.07) is 1.94. The van der Waals surface area contributed by atoms with Crippen molar-refractivity contribution in [3.05, 3.63) is 17.5 Å². The lowest BCUT2D eigenvalue weighted by atomic mass is 10.1. The molecule has 0 radical (unpaired) electrons. The number of nitrogens with zero attached hydrogens (tertiary/aromatic N) is 2. The van der Waals surface area contributed by atoms with Crippen LogP contribution in [-0.4, -0.2) is 42.1 Å². The first kappa shape index (κ1) is 11.1. The van der Waals surface area contributed by atoms with Crippen molar-refractivity contribution in [2.24, 2.45) is 0 Å². The summed E-state index contributed by atoms with van der Waals surface area (Å²) in [5.74, 6) is 0.601. The van der Waals surface area contributed by atoms with E-state index in [0.717, 1.165) is 25.9 Å². The van der Waals surface area contributed by atoms with Crippen molar-refractivity contribution in [1.29, 1.82) is 0 Å². The lowest BCUT2D eigenvalue weighted by Crippen LogP contribution is -2.46. The van der Waals surface area contributed by atoms with E-state index in [2.05, 4.69) is 10.5 Å². The molecule has 1 unspecified atom stereocenters. The summed E-state index contributed by atoms with van der Waals surface area (Å²) < 4.78 is 4.91. The molecule has 88 valence electrons. The highest BCUT2D eigenvalue weighted by molar-refractivity contribution is 5.92. The van der Waals surface area contributed by atoms with E-state index in [1.54, 1.807) is 17.9 Å². The Labute approximate surface area is 94.8 Å². The lowest BCUT2D eigenvalue weighted by molar-refractivity contribution is 0.0698. The molecule has 1 saturated heterocycles. The van der Waals surface area contributed by atoms with Crippen LogP contribution in [0.5, 0.6) is 0 Å². The van der Waals surface area contributed by atoms with Gasteiger partial charge in [-0.15, -0.1) is 0 Å². The van der Waals surface area contributed by atoms with Gasteiger partial charge < -0.3 is 14.7 Å². The number of carbonyl (C=O) groups is 1. The summed E-state index contributed by atoms with van der Waals surface area (Å²) in [6.45, 7) is 3.69. The van der Waals surface area contributed by atoms with Crippen molar-refractivity contribution < 1.29 is 9.32 Å². The maximum absolute atomic E-state index is 12.0. The van der Waals surface area contributed by atoms with E-state index in [4.69, 9.17) is 4.52 Å². The highest BCUT2D eigenvalue weighted by atomic mass is 16.5. The van der Waals surface area contributed by atoms with Gasteiger partial charge in [-0.25, -0.2) is 0 Å². The largest absolute Gasteiger partial charge is 0.361 e. The van der Waals surface area contributed by atoms with Crippen LogP contribution in [0.25, 0.3) is 0 Å². The van der Waals surface area contributed by atoms with Crippen molar-refractivity contribution in [3.8, 4) is 0 Å². The van der Waals surface area contributed by atoms with E-state index in [1.165, 1.54) is 0 Å². The number of rotatable bonds is 2. The van der Waals surface area contributed by atoms with Gasteiger partial charge in [0.1, 0.15) is 5.76 Å². The molecule has 0 spiro atoms. The average molecular weight is 223 g/mol. The Bertz CT molecular complexity index is 369. The van der Waals surface area contributed by atoms with Crippen LogP contribution in [0.15, 0.2) is 10.6 Å². The molecule has 1 fully saturated rings. The van der Waals surface area contributed by atoms with Crippen LogP contribution in [0, 0.1) is 6.92 Å². The summed E-state index contributed by atoms with van der Waals surface area (Å²) in [6.07, 6.45) is 2.16. The fourth-order valence-electron chi connectivity index (χ4n) is 1.98. The van der Waals surface area contributed by atoms with Crippen molar-refractivity contribution in [2.45, 2.75) is 25.8 Å².